The van der Waals surface area contributed by atoms with Crippen LogP contribution < -0.4 is 15.4 Å². The minimum atomic E-state index is -0.315. The van der Waals surface area contributed by atoms with Crippen molar-refractivity contribution in [2.45, 2.75) is 20.0 Å². The summed E-state index contributed by atoms with van der Waals surface area (Å²) < 4.78 is 5.74. The third-order valence-corrected chi connectivity index (χ3v) is 3.84. The van der Waals surface area contributed by atoms with Crippen molar-refractivity contribution in [1.82, 2.24) is 4.98 Å². The summed E-state index contributed by atoms with van der Waals surface area (Å²) in [5.74, 6) is 0.304. The molecule has 0 unspecified atom stereocenters. The van der Waals surface area contributed by atoms with Crippen LogP contribution >= 0.6 is 11.6 Å². The van der Waals surface area contributed by atoms with Gasteiger partial charge in [-0.2, -0.15) is 0 Å². The molecule has 5 nitrogen and oxygen atoms in total. The molecule has 0 saturated heterocycles. The highest BCUT2D eigenvalue weighted by Gasteiger charge is 2.12. The van der Waals surface area contributed by atoms with Crippen LogP contribution in [0.3, 0.4) is 0 Å². The number of halogens is 1. The van der Waals surface area contributed by atoms with E-state index in [-0.39, 0.29) is 12.0 Å². The molecule has 3 aromatic rings. The molecule has 0 saturated carbocycles. The Labute approximate surface area is 163 Å². The van der Waals surface area contributed by atoms with Crippen LogP contribution in [0.5, 0.6) is 5.75 Å². The van der Waals surface area contributed by atoms with E-state index < -0.39 is 0 Å². The van der Waals surface area contributed by atoms with Gasteiger partial charge in [0.05, 0.1) is 11.8 Å². The van der Waals surface area contributed by atoms with Gasteiger partial charge in [-0.25, -0.2) is 0 Å². The second kappa shape index (κ2) is 8.56. The van der Waals surface area contributed by atoms with Gasteiger partial charge < -0.3 is 15.4 Å². The number of para-hydroxylation sites is 2. The van der Waals surface area contributed by atoms with E-state index in [2.05, 4.69) is 15.6 Å². The monoisotopic (exact) mass is 381 g/mol. The Hall–Kier alpha value is -3.05. The topological polar surface area (TPSA) is 63.2 Å². The van der Waals surface area contributed by atoms with E-state index in [4.69, 9.17) is 16.3 Å². The second-order valence-electron chi connectivity index (χ2n) is 6.18. The fourth-order valence-corrected chi connectivity index (χ4v) is 2.67. The van der Waals surface area contributed by atoms with E-state index in [0.717, 1.165) is 11.4 Å². The van der Waals surface area contributed by atoms with Crippen molar-refractivity contribution in [1.29, 1.82) is 0 Å². The van der Waals surface area contributed by atoms with Crippen LogP contribution in [0.1, 0.15) is 24.3 Å². The number of carbonyl (C=O) groups is 1. The standard InChI is InChI=1S/C21H20ClN3O2/c1-14(2)27-20-9-4-3-8-18(20)25-21(26)19-13-17(10-11-23-19)24-16-7-5-6-15(22)12-16/h3-14H,1-2H3,(H,23,24)(H,25,26). The molecule has 27 heavy (non-hydrogen) atoms. The lowest BCUT2D eigenvalue weighted by Crippen LogP contribution is -2.15. The van der Waals surface area contributed by atoms with Crippen LogP contribution in [0.4, 0.5) is 17.1 Å². The molecule has 3 rings (SSSR count). The molecule has 1 aromatic heterocycles. The lowest BCUT2D eigenvalue weighted by atomic mass is 10.2. The van der Waals surface area contributed by atoms with E-state index in [0.29, 0.717) is 22.2 Å². The predicted molar refractivity (Wildman–Crippen MR) is 109 cm³/mol. The molecule has 0 atom stereocenters. The predicted octanol–water partition coefficient (Wildman–Crippen LogP) is 5.52. The van der Waals surface area contributed by atoms with Gasteiger partial charge in [-0.05, 0) is 56.3 Å². The van der Waals surface area contributed by atoms with E-state index in [1.807, 2.05) is 44.2 Å². The van der Waals surface area contributed by atoms with E-state index >= 15 is 0 Å². The normalized spacial score (nSPS) is 10.5. The highest BCUT2D eigenvalue weighted by atomic mass is 35.5. The molecule has 138 valence electrons. The number of benzene rings is 2. The van der Waals surface area contributed by atoms with Gasteiger partial charge in [0.1, 0.15) is 11.4 Å². The first-order chi connectivity index (χ1) is 13.0. The summed E-state index contributed by atoms with van der Waals surface area (Å²) >= 11 is 6.01. The first-order valence-electron chi connectivity index (χ1n) is 8.57. The molecule has 0 bridgehead atoms. The average Bonchev–Trinajstić information content (AvgIpc) is 2.63. The summed E-state index contributed by atoms with van der Waals surface area (Å²) in [6.45, 7) is 3.87. The first-order valence-corrected chi connectivity index (χ1v) is 8.95. The fourth-order valence-electron chi connectivity index (χ4n) is 2.48. The number of ether oxygens (including phenoxy) is 1. The molecule has 1 heterocycles. The van der Waals surface area contributed by atoms with Crippen molar-refractivity contribution in [2.75, 3.05) is 10.6 Å². The number of nitrogens with zero attached hydrogens (tertiary/aromatic N) is 1. The van der Waals surface area contributed by atoms with Crippen LogP contribution in [-0.2, 0) is 0 Å². The van der Waals surface area contributed by atoms with Gasteiger partial charge >= 0.3 is 0 Å². The quantitative estimate of drug-likeness (QED) is 0.590. The van der Waals surface area contributed by atoms with Crippen LogP contribution in [0, 0.1) is 0 Å². The maximum Gasteiger partial charge on any atom is 0.274 e. The molecule has 2 N–H and O–H groups in total. The molecule has 6 heteroatoms. The van der Waals surface area contributed by atoms with Crippen LogP contribution in [0.25, 0.3) is 0 Å². The lowest BCUT2D eigenvalue weighted by Gasteiger charge is -2.15. The summed E-state index contributed by atoms with van der Waals surface area (Å²) in [6.07, 6.45) is 1.59. The molecule has 2 aromatic carbocycles. The Morgan fingerprint density at radius 2 is 1.81 bits per heavy atom. The molecule has 0 aliphatic carbocycles. The smallest absolute Gasteiger partial charge is 0.274 e. The molecule has 0 radical (unpaired) electrons. The van der Waals surface area contributed by atoms with Crippen molar-refractivity contribution in [3.05, 3.63) is 77.6 Å². The SMILES string of the molecule is CC(C)Oc1ccccc1NC(=O)c1cc(Nc2cccc(Cl)c2)ccn1. The minimum Gasteiger partial charge on any atom is -0.489 e. The number of rotatable bonds is 6. The number of hydrogen-bond acceptors (Lipinski definition) is 4. The number of aromatic nitrogens is 1. The van der Waals surface area contributed by atoms with Gasteiger partial charge in [0.25, 0.3) is 5.91 Å². The van der Waals surface area contributed by atoms with Crippen molar-refractivity contribution in [3.8, 4) is 5.75 Å². The Balaban J connectivity index is 1.76. The number of anilines is 3. The number of amides is 1. The molecular weight excluding hydrogens is 362 g/mol. The van der Waals surface area contributed by atoms with Crippen molar-refractivity contribution >= 4 is 34.6 Å². The van der Waals surface area contributed by atoms with Crippen molar-refractivity contribution < 1.29 is 9.53 Å². The van der Waals surface area contributed by atoms with Gasteiger partial charge in [-0.15, -0.1) is 0 Å². The lowest BCUT2D eigenvalue weighted by molar-refractivity contribution is 0.102. The largest absolute Gasteiger partial charge is 0.489 e. The summed E-state index contributed by atoms with van der Waals surface area (Å²) in [7, 11) is 0. The van der Waals surface area contributed by atoms with Crippen LogP contribution in [-0.4, -0.2) is 17.0 Å². The third kappa shape index (κ3) is 5.21. The Bertz CT molecular complexity index is 944. The second-order valence-corrected chi connectivity index (χ2v) is 6.62. The number of hydrogen-bond donors (Lipinski definition) is 2. The van der Waals surface area contributed by atoms with Gasteiger partial charge in [0.15, 0.2) is 0 Å². The van der Waals surface area contributed by atoms with Gasteiger partial charge in [0.2, 0.25) is 0 Å². The number of pyridine rings is 1. The summed E-state index contributed by atoms with van der Waals surface area (Å²) in [6, 6.07) is 18.1. The molecule has 0 aliphatic heterocycles. The number of carbonyl (C=O) groups excluding carboxylic acids is 1. The zero-order chi connectivity index (χ0) is 19.2. The fraction of sp³-hybridized carbons (Fsp3) is 0.143. The Morgan fingerprint density at radius 1 is 1.04 bits per heavy atom. The highest BCUT2D eigenvalue weighted by molar-refractivity contribution is 6.30. The minimum absolute atomic E-state index is 0.00593. The van der Waals surface area contributed by atoms with Crippen LogP contribution in [0.2, 0.25) is 5.02 Å². The number of nitrogens with one attached hydrogen (secondary N) is 2. The van der Waals surface area contributed by atoms with Gasteiger partial charge in [-0.1, -0.05) is 29.8 Å². The molecule has 0 fully saturated rings. The van der Waals surface area contributed by atoms with Crippen molar-refractivity contribution in [3.63, 3.8) is 0 Å². The van der Waals surface area contributed by atoms with E-state index in [1.165, 1.54) is 0 Å². The summed E-state index contributed by atoms with van der Waals surface area (Å²) in [4.78, 5) is 16.8. The average molecular weight is 382 g/mol. The molecule has 1 amide bonds. The van der Waals surface area contributed by atoms with E-state index in [1.54, 1.807) is 36.5 Å². The third-order valence-electron chi connectivity index (χ3n) is 3.60. The molecule has 0 aliphatic rings. The maximum absolute atomic E-state index is 12.6. The maximum atomic E-state index is 12.6. The summed E-state index contributed by atoms with van der Waals surface area (Å²) in [5, 5.41) is 6.70. The highest BCUT2D eigenvalue weighted by Crippen LogP contribution is 2.26. The zero-order valence-corrected chi connectivity index (χ0v) is 15.8. The van der Waals surface area contributed by atoms with Gasteiger partial charge in [0, 0.05) is 22.6 Å². The van der Waals surface area contributed by atoms with Gasteiger partial charge in [-0.3, -0.25) is 9.78 Å². The molecular formula is C21H20ClN3O2. The molecule has 0 spiro atoms. The first kappa shape index (κ1) is 18.7. The zero-order valence-electron chi connectivity index (χ0n) is 15.1. The Morgan fingerprint density at radius 3 is 2.59 bits per heavy atom. The van der Waals surface area contributed by atoms with Crippen molar-refractivity contribution in [2.24, 2.45) is 0 Å². The van der Waals surface area contributed by atoms with Crippen LogP contribution in [0.15, 0.2) is 66.9 Å². The van der Waals surface area contributed by atoms with E-state index in [9.17, 15) is 4.79 Å². The summed E-state index contributed by atoms with van der Waals surface area (Å²) in [5.41, 5.74) is 2.47. The Kier molecular flexibility index (Phi) is 5.94.